The molecule has 0 bridgehead atoms. The molecule has 0 saturated carbocycles. The highest BCUT2D eigenvalue weighted by molar-refractivity contribution is 5.94. The Hall–Kier alpha value is -3.79. The lowest BCUT2D eigenvalue weighted by molar-refractivity contribution is 0.101. The van der Waals surface area contributed by atoms with Gasteiger partial charge in [-0.1, -0.05) is 0 Å². The van der Waals surface area contributed by atoms with E-state index in [1.165, 1.54) is 6.33 Å². The van der Waals surface area contributed by atoms with E-state index in [0.29, 0.717) is 23.2 Å². The maximum atomic E-state index is 13.3. The van der Waals surface area contributed by atoms with Gasteiger partial charge in [0, 0.05) is 34.6 Å². The topological polar surface area (TPSA) is 81.9 Å². The second-order valence-corrected chi connectivity index (χ2v) is 7.16. The highest BCUT2D eigenvalue weighted by Gasteiger charge is 2.22. The lowest BCUT2D eigenvalue weighted by Gasteiger charge is -2.31. The number of ketones is 1. The number of nitrogens with one attached hydrogen (secondary N) is 1. The zero-order valence-corrected chi connectivity index (χ0v) is 16.5. The summed E-state index contributed by atoms with van der Waals surface area (Å²) in [5.41, 5.74) is 5.11. The van der Waals surface area contributed by atoms with E-state index in [2.05, 4.69) is 20.2 Å². The number of benzene rings is 2. The number of hydrogen-bond donors (Lipinski definition) is 1. The molecule has 4 rings (SSSR count). The van der Waals surface area contributed by atoms with Crippen molar-refractivity contribution in [1.82, 2.24) is 9.97 Å². The molecule has 0 spiro atoms. The molecule has 3 aromatic rings. The zero-order valence-electron chi connectivity index (χ0n) is 16.5. The summed E-state index contributed by atoms with van der Waals surface area (Å²) in [5, 5.41) is 12.4. The van der Waals surface area contributed by atoms with E-state index in [0.717, 1.165) is 41.4 Å². The first kappa shape index (κ1) is 19.5. The van der Waals surface area contributed by atoms with Crippen molar-refractivity contribution < 1.29 is 9.18 Å². The Morgan fingerprint density at radius 3 is 2.73 bits per heavy atom. The first-order valence-corrected chi connectivity index (χ1v) is 9.63. The van der Waals surface area contributed by atoms with Crippen molar-refractivity contribution in [3.63, 3.8) is 0 Å². The Morgan fingerprint density at radius 2 is 2.03 bits per heavy atom. The number of fused-ring (bicyclic) bond motifs is 1. The van der Waals surface area contributed by atoms with Gasteiger partial charge in [0.05, 0.1) is 23.9 Å². The minimum atomic E-state index is -0.667. The highest BCUT2D eigenvalue weighted by Crippen LogP contribution is 2.29. The van der Waals surface area contributed by atoms with Crippen molar-refractivity contribution in [3.8, 4) is 6.07 Å². The molecule has 1 N–H and O–H groups in total. The van der Waals surface area contributed by atoms with Crippen LogP contribution in [0.1, 0.15) is 39.7 Å². The van der Waals surface area contributed by atoms with Crippen LogP contribution >= 0.6 is 0 Å². The molecule has 1 aliphatic rings. The van der Waals surface area contributed by atoms with Crippen LogP contribution in [0, 0.1) is 11.3 Å². The van der Waals surface area contributed by atoms with E-state index in [1.807, 2.05) is 24.3 Å². The molecule has 0 atom stereocenters. The molecule has 2 aromatic carbocycles. The van der Waals surface area contributed by atoms with Crippen molar-refractivity contribution >= 4 is 23.0 Å². The molecule has 6 nitrogen and oxygen atoms in total. The van der Waals surface area contributed by atoms with Gasteiger partial charge in [-0.2, -0.15) is 5.26 Å². The number of rotatable bonds is 5. The smallest absolute Gasteiger partial charge is 0.159 e. The van der Waals surface area contributed by atoms with E-state index in [9.17, 15) is 9.18 Å². The minimum Gasteiger partial charge on any atom is -0.365 e. The number of nitriles is 1. The number of aromatic nitrogens is 2. The van der Waals surface area contributed by atoms with Gasteiger partial charge in [-0.3, -0.25) is 4.79 Å². The summed E-state index contributed by atoms with van der Waals surface area (Å²) in [6.45, 7) is 2.18. The molecule has 1 aromatic heterocycles. The Balaban J connectivity index is 1.56. The fraction of sp³-hybridized carbons (Fsp3) is 0.217. The molecule has 0 saturated heterocycles. The summed E-state index contributed by atoms with van der Waals surface area (Å²) in [7, 11) is 0. The molecule has 0 unspecified atom stereocenters. The van der Waals surface area contributed by atoms with Crippen molar-refractivity contribution in [2.45, 2.75) is 26.6 Å². The van der Waals surface area contributed by atoms with Gasteiger partial charge in [-0.25, -0.2) is 14.4 Å². The molecule has 0 amide bonds. The van der Waals surface area contributed by atoms with Crippen molar-refractivity contribution in [2.24, 2.45) is 0 Å². The predicted molar refractivity (Wildman–Crippen MR) is 112 cm³/mol. The molecule has 0 aliphatic carbocycles. The maximum Gasteiger partial charge on any atom is 0.159 e. The van der Waals surface area contributed by atoms with E-state index < -0.39 is 6.67 Å². The molecule has 0 radical (unpaired) electrons. The summed E-state index contributed by atoms with van der Waals surface area (Å²) in [6, 6.07) is 14.6. The fourth-order valence-corrected chi connectivity index (χ4v) is 3.60. The van der Waals surface area contributed by atoms with Crippen LogP contribution in [0.4, 0.5) is 21.6 Å². The van der Waals surface area contributed by atoms with Gasteiger partial charge in [0.25, 0.3) is 0 Å². The molecule has 2 heterocycles. The van der Waals surface area contributed by atoms with Crippen LogP contribution in [0.25, 0.3) is 0 Å². The van der Waals surface area contributed by atoms with Gasteiger partial charge in [0.2, 0.25) is 0 Å². The average molecular weight is 401 g/mol. The number of halogens is 1. The van der Waals surface area contributed by atoms with Crippen LogP contribution in [0.15, 0.2) is 48.8 Å². The Kier molecular flexibility index (Phi) is 5.40. The number of carbonyl (C=O) groups excluding carboxylic acids is 1. The fourth-order valence-electron chi connectivity index (χ4n) is 3.60. The third-order valence-corrected chi connectivity index (χ3v) is 5.28. The van der Waals surface area contributed by atoms with Crippen LogP contribution in [0.2, 0.25) is 0 Å². The summed E-state index contributed by atoms with van der Waals surface area (Å²) in [5.74, 6) is 0.777. The highest BCUT2D eigenvalue weighted by atomic mass is 19.1. The van der Waals surface area contributed by atoms with Crippen molar-refractivity contribution in [1.29, 1.82) is 5.26 Å². The van der Waals surface area contributed by atoms with E-state index >= 15 is 0 Å². The number of alkyl halides is 1. The van der Waals surface area contributed by atoms with Crippen LogP contribution in [-0.2, 0) is 19.6 Å². The third-order valence-electron chi connectivity index (χ3n) is 5.28. The summed E-state index contributed by atoms with van der Waals surface area (Å²) in [4.78, 5) is 22.4. The molecule has 30 heavy (non-hydrogen) atoms. The van der Waals surface area contributed by atoms with Gasteiger partial charge in [-0.15, -0.1) is 0 Å². The monoisotopic (exact) mass is 401 g/mol. The summed E-state index contributed by atoms with van der Waals surface area (Å²) in [6.07, 6.45) is 2.26. The number of nitrogens with zero attached hydrogens (tertiary/aromatic N) is 4. The predicted octanol–water partition coefficient (Wildman–Crippen LogP) is 4.33. The molecule has 0 fully saturated rings. The minimum absolute atomic E-state index is 0.0276. The second-order valence-electron chi connectivity index (χ2n) is 7.16. The van der Waals surface area contributed by atoms with Gasteiger partial charge in [0.1, 0.15) is 18.8 Å². The van der Waals surface area contributed by atoms with Gasteiger partial charge < -0.3 is 10.2 Å². The number of hydrogen-bond acceptors (Lipinski definition) is 6. The van der Waals surface area contributed by atoms with E-state index in [4.69, 9.17) is 5.26 Å². The average Bonchev–Trinajstić information content (AvgIpc) is 2.78. The molecule has 7 heteroatoms. The van der Waals surface area contributed by atoms with E-state index in [-0.39, 0.29) is 5.78 Å². The summed E-state index contributed by atoms with van der Waals surface area (Å²) >= 11 is 0. The Bertz CT molecular complexity index is 1140. The van der Waals surface area contributed by atoms with Gasteiger partial charge in [-0.05, 0) is 55.8 Å². The van der Waals surface area contributed by atoms with Crippen LogP contribution in [-0.4, -0.2) is 22.3 Å². The standard InChI is InChI=1S/C23H20FN5O/c1-15(30)16-2-5-19(6-3-16)28-23-21-8-9-29(13-22(21)26-14-27-23)20-7-4-17(12-25)18(10-20)11-24/h2-7,10,14H,8-9,11,13H2,1H3,(H,26,27,28). The second kappa shape index (κ2) is 8.29. The molecule has 150 valence electrons. The normalized spacial score (nSPS) is 12.8. The van der Waals surface area contributed by atoms with Crippen LogP contribution < -0.4 is 10.2 Å². The van der Waals surface area contributed by atoms with Crippen LogP contribution in [0.5, 0.6) is 0 Å². The lowest BCUT2D eigenvalue weighted by atomic mass is 10.0. The Morgan fingerprint density at radius 1 is 1.23 bits per heavy atom. The lowest BCUT2D eigenvalue weighted by Crippen LogP contribution is -2.31. The van der Waals surface area contributed by atoms with Gasteiger partial charge in [0.15, 0.2) is 5.78 Å². The van der Waals surface area contributed by atoms with Gasteiger partial charge >= 0.3 is 0 Å². The molecule has 1 aliphatic heterocycles. The SMILES string of the molecule is CC(=O)c1ccc(Nc2ncnc3c2CCN(c2ccc(C#N)c(CF)c2)C3)cc1. The number of Topliss-reactive ketones (excluding diaryl/α,β-unsaturated/α-hetero) is 1. The Labute approximate surface area is 174 Å². The van der Waals surface area contributed by atoms with Crippen molar-refractivity contribution in [3.05, 3.63) is 76.7 Å². The quantitative estimate of drug-likeness (QED) is 0.641. The largest absolute Gasteiger partial charge is 0.365 e. The molecular formula is C23H20FN5O. The number of anilines is 3. The maximum absolute atomic E-state index is 13.3. The third kappa shape index (κ3) is 3.85. The van der Waals surface area contributed by atoms with Crippen LogP contribution in [0.3, 0.4) is 0 Å². The first-order chi connectivity index (χ1) is 14.6. The van der Waals surface area contributed by atoms with E-state index in [1.54, 1.807) is 31.2 Å². The first-order valence-electron chi connectivity index (χ1n) is 9.63. The molecular weight excluding hydrogens is 381 g/mol. The zero-order chi connectivity index (χ0) is 21.1. The van der Waals surface area contributed by atoms with Crippen molar-refractivity contribution in [2.75, 3.05) is 16.8 Å². The summed E-state index contributed by atoms with van der Waals surface area (Å²) < 4.78 is 13.3. The number of carbonyl (C=O) groups is 1.